The quantitative estimate of drug-likeness (QED) is 0.719. The minimum Gasteiger partial charge on any atom is -0.327 e. The lowest BCUT2D eigenvalue weighted by atomic mass is 9.95. The maximum absolute atomic E-state index is 12.9. The largest absolute Gasteiger partial charge is 0.327 e. The summed E-state index contributed by atoms with van der Waals surface area (Å²) >= 11 is 12.2. The van der Waals surface area contributed by atoms with E-state index >= 15 is 0 Å². The number of aryl methyl sites for hydroxylation is 1. The topological polar surface area (TPSA) is 70.2 Å². The summed E-state index contributed by atoms with van der Waals surface area (Å²) in [5, 5.41) is 9.34. The van der Waals surface area contributed by atoms with Crippen molar-refractivity contribution in [3.05, 3.63) is 74.9 Å². The van der Waals surface area contributed by atoms with Gasteiger partial charge in [0, 0.05) is 21.4 Å². The molecule has 0 radical (unpaired) electrons. The zero-order valence-electron chi connectivity index (χ0n) is 14.2. The number of amides is 3. The number of urea groups is 1. The van der Waals surface area contributed by atoms with Crippen LogP contribution in [0.4, 0.5) is 10.5 Å². The molecule has 3 rings (SSSR count). The van der Waals surface area contributed by atoms with Crippen molar-refractivity contribution in [1.29, 1.82) is 0 Å². The lowest BCUT2D eigenvalue weighted by Gasteiger charge is -2.28. The third kappa shape index (κ3) is 3.84. The van der Waals surface area contributed by atoms with Crippen molar-refractivity contribution in [1.82, 2.24) is 10.6 Å². The van der Waals surface area contributed by atoms with E-state index in [-0.39, 0.29) is 11.9 Å². The molecule has 1 heterocycles. The Bertz CT molecular complexity index is 925. The lowest BCUT2D eigenvalue weighted by molar-refractivity contribution is -0.113. The van der Waals surface area contributed by atoms with E-state index in [0.717, 1.165) is 11.1 Å². The van der Waals surface area contributed by atoms with Gasteiger partial charge in [0.1, 0.15) is 0 Å². The summed E-state index contributed by atoms with van der Waals surface area (Å²) in [4.78, 5) is 24.8. The van der Waals surface area contributed by atoms with Gasteiger partial charge in [0.05, 0.1) is 11.6 Å². The summed E-state index contributed by atoms with van der Waals surface area (Å²) in [5.41, 5.74) is 3.10. The van der Waals surface area contributed by atoms with Crippen LogP contribution in [-0.2, 0) is 4.79 Å². The first-order chi connectivity index (χ1) is 12.3. The number of benzene rings is 2. The Labute approximate surface area is 161 Å². The zero-order chi connectivity index (χ0) is 18.8. The second-order valence-electron chi connectivity index (χ2n) is 6.04. The van der Waals surface area contributed by atoms with E-state index in [1.807, 2.05) is 19.1 Å². The minimum atomic E-state index is -0.608. The number of hydrogen-bond donors (Lipinski definition) is 3. The molecule has 7 heteroatoms. The number of hydrogen-bond acceptors (Lipinski definition) is 2. The summed E-state index contributed by atoms with van der Waals surface area (Å²) in [5.74, 6) is -0.333. The van der Waals surface area contributed by atoms with Gasteiger partial charge in [-0.1, -0.05) is 41.4 Å². The van der Waals surface area contributed by atoms with E-state index in [0.29, 0.717) is 27.0 Å². The van der Waals surface area contributed by atoms with Gasteiger partial charge >= 0.3 is 6.03 Å². The van der Waals surface area contributed by atoms with E-state index in [1.165, 1.54) is 0 Å². The maximum Gasteiger partial charge on any atom is 0.319 e. The normalized spacial score (nSPS) is 16.8. The number of halogens is 2. The van der Waals surface area contributed by atoms with E-state index < -0.39 is 6.04 Å². The molecular weight excluding hydrogens is 373 g/mol. The monoisotopic (exact) mass is 389 g/mol. The molecule has 0 spiro atoms. The summed E-state index contributed by atoms with van der Waals surface area (Å²) in [6.07, 6.45) is 0. The van der Waals surface area contributed by atoms with Gasteiger partial charge in [-0.25, -0.2) is 4.79 Å². The van der Waals surface area contributed by atoms with E-state index in [1.54, 1.807) is 37.3 Å². The maximum atomic E-state index is 12.9. The third-order valence-corrected chi connectivity index (χ3v) is 4.77. The molecule has 1 unspecified atom stereocenters. The molecule has 0 bridgehead atoms. The van der Waals surface area contributed by atoms with Crippen LogP contribution in [0, 0.1) is 6.92 Å². The molecule has 2 aromatic rings. The fourth-order valence-electron chi connectivity index (χ4n) is 2.80. The van der Waals surface area contributed by atoms with Crippen LogP contribution < -0.4 is 16.0 Å². The number of nitrogens with one attached hydrogen (secondary N) is 3. The van der Waals surface area contributed by atoms with Crippen molar-refractivity contribution in [3.63, 3.8) is 0 Å². The van der Waals surface area contributed by atoms with Gasteiger partial charge in [-0.05, 0) is 49.2 Å². The highest BCUT2D eigenvalue weighted by atomic mass is 35.5. The van der Waals surface area contributed by atoms with Crippen LogP contribution in [0.5, 0.6) is 0 Å². The molecule has 134 valence electrons. The van der Waals surface area contributed by atoms with Crippen LogP contribution in [0.1, 0.15) is 24.1 Å². The molecule has 0 saturated carbocycles. The fraction of sp³-hybridized carbons (Fsp3) is 0.158. The van der Waals surface area contributed by atoms with Gasteiger partial charge in [-0.15, -0.1) is 0 Å². The molecule has 1 atom stereocenters. The number of allylic oxidation sites excluding steroid dienone is 1. The summed E-state index contributed by atoms with van der Waals surface area (Å²) < 4.78 is 0. The smallest absolute Gasteiger partial charge is 0.319 e. The van der Waals surface area contributed by atoms with Crippen molar-refractivity contribution in [2.24, 2.45) is 0 Å². The molecule has 26 heavy (non-hydrogen) atoms. The van der Waals surface area contributed by atoms with Gasteiger partial charge in [0.25, 0.3) is 5.91 Å². The summed E-state index contributed by atoms with van der Waals surface area (Å²) in [6.45, 7) is 3.57. The molecule has 0 saturated heterocycles. The molecule has 1 aliphatic rings. The average Bonchev–Trinajstić information content (AvgIpc) is 2.57. The van der Waals surface area contributed by atoms with Crippen LogP contribution in [-0.4, -0.2) is 11.9 Å². The predicted molar refractivity (Wildman–Crippen MR) is 103 cm³/mol. The summed E-state index contributed by atoms with van der Waals surface area (Å²) in [7, 11) is 0. The Hall–Kier alpha value is -2.50. The molecule has 3 amide bonds. The van der Waals surface area contributed by atoms with Gasteiger partial charge in [0.2, 0.25) is 0 Å². The molecule has 2 aromatic carbocycles. The zero-order valence-corrected chi connectivity index (χ0v) is 15.7. The highest BCUT2D eigenvalue weighted by Gasteiger charge is 2.31. The van der Waals surface area contributed by atoms with Crippen LogP contribution in [0.15, 0.2) is 53.7 Å². The Morgan fingerprint density at radius 3 is 2.58 bits per heavy atom. The second-order valence-corrected chi connectivity index (χ2v) is 6.89. The standard InChI is InChI=1S/C19H17Cl2N3O2/c1-10-6-7-14(9-15(10)21)23-18(25)16-11(2)22-19(26)24-17(16)12-4-3-5-13(20)8-12/h3-9,17H,1-2H3,(H,23,25)(H2,22,24,26). The fourth-order valence-corrected chi connectivity index (χ4v) is 3.18. The van der Waals surface area contributed by atoms with Crippen molar-refractivity contribution >= 4 is 40.8 Å². The minimum absolute atomic E-state index is 0.333. The number of carbonyl (C=O) groups is 2. The molecule has 1 aliphatic heterocycles. The third-order valence-electron chi connectivity index (χ3n) is 4.13. The molecular formula is C19H17Cl2N3O2. The molecule has 0 aliphatic carbocycles. The Morgan fingerprint density at radius 1 is 1.12 bits per heavy atom. The van der Waals surface area contributed by atoms with E-state index in [2.05, 4.69) is 16.0 Å². The van der Waals surface area contributed by atoms with Gasteiger partial charge < -0.3 is 16.0 Å². The van der Waals surface area contributed by atoms with Crippen molar-refractivity contribution in [2.45, 2.75) is 19.9 Å². The van der Waals surface area contributed by atoms with Crippen LogP contribution in [0.3, 0.4) is 0 Å². The van der Waals surface area contributed by atoms with Crippen LogP contribution in [0.2, 0.25) is 10.0 Å². The Morgan fingerprint density at radius 2 is 1.88 bits per heavy atom. The molecule has 0 aromatic heterocycles. The molecule has 3 N–H and O–H groups in total. The molecule has 0 fully saturated rings. The highest BCUT2D eigenvalue weighted by molar-refractivity contribution is 6.31. The average molecular weight is 390 g/mol. The first kappa shape index (κ1) is 18.3. The predicted octanol–water partition coefficient (Wildman–Crippen LogP) is 4.57. The first-order valence-electron chi connectivity index (χ1n) is 7.96. The SMILES string of the molecule is CC1=C(C(=O)Nc2ccc(C)c(Cl)c2)C(c2cccc(Cl)c2)NC(=O)N1. The van der Waals surface area contributed by atoms with E-state index in [4.69, 9.17) is 23.2 Å². The second kappa shape index (κ2) is 7.40. The Balaban J connectivity index is 1.95. The van der Waals surface area contributed by atoms with Crippen molar-refractivity contribution in [3.8, 4) is 0 Å². The number of anilines is 1. The lowest BCUT2D eigenvalue weighted by Crippen LogP contribution is -2.45. The highest BCUT2D eigenvalue weighted by Crippen LogP contribution is 2.29. The van der Waals surface area contributed by atoms with Crippen molar-refractivity contribution in [2.75, 3.05) is 5.32 Å². The van der Waals surface area contributed by atoms with Crippen LogP contribution >= 0.6 is 23.2 Å². The molecule has 5 nitrogen and oxygen atoms in total. The number of carbonyl (C=O) groups excluding carboxylic acids is 2. The summed E-state index contributed by atoms with van der Waals surface area (Å²) in [6, 6.07) is 11.4. The van der Waals surface area contributed by atoms with Gasteiger partial charge in [-0.3, -0.25) is 4.79 Å². The van der Waals surface area contributed by atoms with Gasteiger partial charge in [-0.2, -0.15) is 0 Å². The first-order valence-corrected chi connectivity index (χ1v) is 8.72. The number of rotatable bonds is 3. The van der Waals surface area contributed by atoms with Gasteiger partial charge in [0.15, 0.2) is 0 Å². The Kier molecular flexibility index (Phi) is 5.20. The van der Waals surface area contributed by atoms with E-state index in [9.17, 15) is 9.59 Å². The van der Waals surface area contributed by atoms with Crippen LogP contribution in [0.25, 0.3) is 0 Å². The van der Waals surface area contributed by atoms with Crippen molar-refractivity contribution < 1.29 is 9.59 Å².